The number of carbonyl (C=O) groups excluding carboxylic acids is 1. The quantitative estimate of drug-likeness (QED) is 0.797. The Balaban J connectivity index is 0.00000176. The second-order valence-electron chi connectivity index (χ2n) is 6.66. The average molecular weight is 324 g/mol. The number of fused-ring (bicyclic) bond motifs is 2. The number of hydrogen-bond donors (Lipinski definition) is 0. The summed E-state index contributed by atoms with van der Waals surface area (Å²) in [6.07, 6.45) is 4.18. The van der Waals surface area contributed by atoms with Crippen molar-refractivity contribution in [3.05, 3.63) is 35.4 Å². The first-order chi connectivity index (χ1) is 10.1. The molecule has 2 bridgehead atoms. The molecule has 3 rings (SSSR count). The molecule has 4 heteroatoms. The van der Waals surface area contributed by atoms with Gasteiger partial charge in [0.1, 0.15) is 0 Å². The molecule has 0 aliphatic carbocycles. The van der Waals surface area contributed by atoms with Crippen LogP contribution in [0.2, 0.25) is 0 Å². The van der Waals surface area contributed by atoms with Crippen molar-refractivity contribution in [2.24, 2.45) is 5.92 Å². The van der Waals surface area contributed by atoms with Crippen LogP contribution in [-0.2, 0) is 9.53 Å². The number of nitrogens with zero attached hydrogens (tertiary/aromatic N) is 1. The van der Waals surface area contributed by atoms with Crippen molar-refractivity contribution < 1.29 is 9.53 Å². The number of methoxy groups -OCH3 is 1. The Labute approximate surface area is 139 Å². The van der Waals surface area contributed by atoms with Crippen molar-refractivity contribution in [1.82, 2.24) is 4.90 Å². The zero-order chi connectivity index (χ0) is 15.0. The fourth-order valence-electron chi connectivity index (χ4n) is 4.33. The number of halogens is 1. The van der Waals surface area contributed by atoms with Gasteiger partial charge in [0.15, 0.2) is 0 Å². The molecule has 1 aromatic carbocycles. The molecule has 0 aromatic heterocycles. The largest absolute Gasteiger partial charge is 0.469 e. The Kier molecular flexibility index (Phi) is 5.51. The minimum atomic E-state index is -0.0733. The van der Waals surface area contributed by atoms with E-state index in [1.54, 1.807) is 0 Å². The summed E-state index contributed by atoms with van der Waals surface area (Å²) in [5.74, 6) is 0.790. The van der Waals surface area contributed by atoms with E-state index in [4.69, 9.17) is 4.74 Å². The maximum atomic E-state index is 11.9. The molecule has 2 aliphatic rings. The molecule has 2 aliphatic heterocycles. The molecule has 2 saturated heterocycles. The summed E-state index contributed by atoms with van der Waals surface area (Å²) in [6, 6.07) is 10.1. The van der Waals surface area contributed by atoms with Crippen LogP contribution >= 0.6 is 12.4 Å². The molecule has 0 saturated carbocycles. The van der Waals surface area contributed by atoms with Gasteiger partial charge in [0.2, 0.25) is 0 Å². The Morgan fingerprint density at radius 3 is 2.59 bits per heavy atom. The van der Waals surface area contributed by atoms with Crippen LogP contribution in [0.1, 0.15) is 42.7 Å². The maximum Gasteiger partial charge on any atom is 0.305 e. The molecule has 1 aromatic rings. The molecule has 0 radical (unpaired) electrons. The highest BCUT2D eigenvalue weighted by Gasteiger charge is 2.46. The highest BCUT2D eigenvalue weighted by Crippen LogP contribution is 2.47. The van der Waals surface area contributed by atoms with Gasteiger partial charge in [-0.15, -0.1) is 12.4 Å². The minimum Gasteiger partial charge on any atom is -0.469 e. The fraction of sp³-hybridized carbons (Fsp3) is 0.611. The lowest BCUT2D eigenvalue weighted by Gasteiger charge is -2.43. The van der Waals surface area contributed by atoms with Crippen molar-refractivity contribution in [3.63, 3.8) is 0 Å². The van der Waals surface area contributed by atoms with Gasteiger partial charge in [0.05, 0.1) is 13.5 Å². The lowest BCUT2D eigenvalue weighted by atomic mass is 9.74. The summed E-state index contributed by atoms with van der Waals surface area (Å²) in [4.78, 5) is 14.4. The summed E-state index contributed by atoms with van der Waals surface area (Å²) in [5, 5.41) is 0. The van der Waals surface area contributed by atoms with Gasteiger partial charge in [0, 0.05) is 12.1 Å². The molecular weight excluding hydrogens is 298 g/mol. The van der Waals surface area contributed by atoms with Crippen LogP contribution in [0, 0.1) is 12.8 Å². The van der Waals surface area contributed by atoms with Crippen molar-refractivity contribution in [2.75, 3.05) is 14.2 Å². The normalized spacial score (nSPS) is 30.7. The van der Waals surface area contributed by atoms with E-state index in [0.717, 1.165) is 6.42 Å². The zero-order valence-electron chi connectivity index (χ0n) is 13.6. The van der Waals surface area contributed by atoms with Gasteiger partial charge in [-0.05, 0) is 50.6 Å². The summed E-state index contributed by atoms with van der Waals surface area (Å²) in [7, 11) is 3.71. The molecule has 4 unspecified atom stereocenters. The number of aryl methyl sites for hydroxylation is 1. The molecule has 0 N–H and O–H groups in total. The van der Waals surface area contributed by atoms with E-state index in [9.17, 15) is 4.79 Å². The highest BCUT2D eigenvalue weighted by molar-refractivity contribution is 5.85. The van der Waals surface area contributed by atoms with Gasteiger partial charge in [-0.3, -0.25) is 4.79 Å². The summed E-state index contributed by atoms with van der Waals surface area (Å²) < 4.78 is 4.94. The number of esters is 1. The van der Waals surface area contributed by atoms with E-state index in [-0.39, 0.29) is 18.4 Å². The number of hydrogen-bond acceptors (Lipinski definition) is 3. The number of carbonyl (C=O) groups is 1. The predicted octanol–water partition coefficient (Wildman–Crippen LogP) is 3.55. The molecule has 0 spiro atoms. The van der Waals surface area contributed by atoms with E-state index in [0.29, 0.717) is 30.3 Å². The Morgan fingerprint density at radius 1 is 1.27 bits per heavy atom. The first kappa shape index (κ1) is 17.3. The van der Waals surface area contributed by atoms with Gasteiger partial charge in [-0.2, -0.15) is 0 Å². The van der Waals surface area contributed by atoms with E-state index in [2.05, 4.69) is 43.1 Å². The Bertz CT molecular complexity index is 516. The lowest BCUT2D eigenvalue weighted by molar-refractivity contribution is -0.142. The highest BCUT2D eigenvalue weighted by atomic mass is 35.5. The second-order valence-corrected chi connectivity index (χ2v) is 6.66. The monoisotopic (exact) mass is 323 g/mol. The third-order valence-corrected chi connectivity index (χ3v) is 5.57. The molecule has 4 atom stereocenters. The van der Waals surface area contributed by atoms with Gasteiger partial charge in [-0.1, -0.05) is 29.8 Å². The summed E-state index contributed by atoms with van der Waals surface area (Å²) in [5.41, 5.74) is 2.68. The van der Waals surface area contributed by atoms with Gasteiger partial charge >= 0.3 is 5.97 Å². The van der Waals surface area contributed by atoms with Crippen LogP contribution in [-0.4, -0.2) is 37.1 Å². The third-order valence-electron chi connectivity index (χ3n) is 5.57. The van der Waals surface area contributed by atoms with Crippen LogP contribution in [0.25, 0.3) is 0 Å². The number of ether oxygens (including phenoxy) is 1. The van der Waals surface area contributed by atoms with Crippen LogP contribution in [0.5, 0.6) is 0 Å². The van der Waals surface area contributed by atoms with Gasteiger partial charge < -0.3 is 9.64 Å². The first-order valence-corrected chi connectivity index (χ1v) is 7.95. The fourth-order valence-corrected chi connectivity index (χ4v) is 4.33. The summed E-state index contributed by atoms with van der Waals surface area (Å²) >= 11 is 0. The molecule has 0 amide bonds. The van der Waals surface area contributed by atoms with Crippen LogP contribution in [0.4, 0.5) is 0 Å². The van der Waals surface area contributed by atoms with Crippen molar-refractivity contribution in [1.29, 1.82) is 0 Å². The topological polar surface area (TPSA) is 29.5 Å². The van der Waals surface area contributed by atoms with Crippen molar-refractivity contribution in [2.45, 2.75) is 50.6 Å². The number of piperidine rings is 1. The van der Waals surface area contributed by atoms with E-state index < -0.39 is 0 Å². The SMILES string of the molecule is COC(=O)CC1C(c2ccc(C)cc2)CC2CCC1N2C.Cl. The standard InChI is InChI=1S/C18H25NO2.ClH/c1-12-4-6-13(7-5-12)15-10-14-8-9-17(19(14)2)16(15)11-18(20)21-3;/h4-7,14-17H,8-11H2,1-3H3;1H. The van der Waals surface area contributed by atoms with Crippen LogP contribution < -0.4 is 0 Å². The molecular formula is C18H26ClNO2. The lowest BCUT2D eigenvalue weighted by Crippen LogP contribution is -2.46. The van der Waals surface area contributed by atoms with Crippen molar-refractivity contribution in [3.8, 4) is 0 Å². The van der Waals surface area contributed by atoms with Crippen molar-refractivity contribution >= 4 is 18.4 Å². The van der Waals surface area contributed by atoms with Gasteiger partial charge in [-0.25, -0.2) is 0 Å². The van der Waals surface area contributed by atoms with E-state index in [1.807, 2.05) is 0 Å². The molecule has 2 fully saturated rings. The Morgan fingerprint density at radius 2 is 1.95 bits per heavy atom. The summed E-state index contributed by atoms with van der Waals surface area (Å²) in [6.45, 7) is 2.12. The molecule has 2 heterocycles. The van der Waals surface area contributed by atoms with Crippen LogP contribution in [0.15, 0.2) is 24.3 Å². The van der Waals surface area contributed by atoms with Gasteiger partial charge in [0.25, 0.3) is 0 Å². The number of rotatable bonds is 3. The molecule has 3 nitrogen and oxygen atoms in total. The zero-order valence-corrected chi connectivity index (χ0v) is 14.4. The molecule has 122 valence electrons. The number of benzene rings is 1. The average Bonchev–Trinajstić information content (AvgIpc) is 2.73. The van der Waals surface area contributed by atoms with E-state index >= 15 is 0 Å². The van der Waals surface area contributed by atoms with Crippen LogP contribution in [0.3, 0.4) is 0 Å². The second kappa shape index (κ2) is 7.01. The minimum absolute atomic E-state index is 0. The maximum absolute atomic E-state index is 11.9. The smallest absolute Gasteiger partial charge is 0.305 e. The molecule has 22 heavy (non-hydrogen) atoms. The predicted molar refractivity (Wildman–Crippen MR) is 90.5 cm³/mol. The van der Waals surface area contributed by atoms with E-state index in [1.165, 1.54) is 31.1 Å². The Hall–Kier alpha value is -1.06. The third kappa shape index (κ3) is 3.16. The first-order valence-electron chi connectivity index (χ1n) is 7.95.